The standard InChI is InChI=1S/C15H23N3O2S/c1-18(11-13-3-2-10-16-13)14-6-8-15(9-7-14)21(19,20)17-12-4-5-12/h6-9,12-13,16-17H,2-5,10-11H2,1H3. The molecule has 1 heterocycles. The van der Waals surface area contributed by atoms with Crippen molar-refractivity contribution in [2.45, 2.75) is 42.7 Å². The van der Waals surface area contributed by atoms with Crippen molar-refractivity contribution in [1.82, 2.24) is 10.0 Å². The number of likely N-dealkylation sites (N-methyl/N-ethyl adjacent to an activating group) is 1. The Bertz CT molecular complexity index is 575. The molecule has 5 nitrogen and oxygen atoms in total. The number of benzene rings is 1. The molecule has 1 aliphatic heterocycles. The van der Waals surface area contributed by atoms with Crippen molar-refractivity contribution in [3.8, 4) is 0 Å². The van der Waals surface area contributed by atoms with Gasteiger partial charge in [-0.25, -0.2) is 13.1 Å². The highest BCUT2D eigenvalue weighted by atomic mass is 32.2. The lowest BCUT2D eigenvalue weighted by atomic mass is 10.2. The van der Waals surface area contributed by atoms with Gasteiger partial charge in [-0.1, -0.05) is 0 Å². The van der Waals surface area contributed by atoms with Gasteiger partial charge in [0.25, 0.3) is 0 Å². The minimum Gasteiger partial charge on any atom is -0.373 e. The predicted octanol–water partition coefficient (Wildman–Crippen LogP) is 1.32. The first-order chi connectivity index (χ1) is 10.0. The van der Waals surface area contributed by atoms with E-state index in [1.54, 1.807) is 12.1 Å². The minimum atomic E-state index is -3.34. The highest BCUT2D eigenvalue weighted by Gasteiger charge is 2.27. The van der Waals surface area contributed by atoms with Crippen LogP contribution in [0.1, 0.15) is 25.7 Å². The summed E-state index contributed by atoms with van der Waals surface area (Å²) in [5.74, 6) is 0. The molecule has 0 amide bonds. The first-order valence-electron chi connectivity index (χ1n) is 7.61. The zero-order valence-electron chi connectivity index (χ0n) is 12.4. The molecule has 0 aromatic heterocycles. The fraction of sp³-hybridized carbons (Fsp3) is 0.600. The Balaban J connectivity index is 1.65. The molecule has 21 heavy (non-hydrogen) atoms. The molecule has 1 aromatic rings. The van der Waals surface area contributed by atoms with Crippen LogP contribution in [0.2, 0.25) is 0 Å². The van der Waals surface area contributed by atoms with E-state index in [9.17, 15) is 8.42 Å². The summed E-state index contributed by atoms with van der Waals surface area (Å²) in [7, 11) is -1.30. The maximum absolute atomic E-state index is 12.1. The average Bonchev–Trinajstić information content (AvgIpc) is 3.11. The van der Waals surface area contributed by atoms with Crippen LogP contribution in [-0.2, 0) is 10.0 Å². The summed E-state index contributed by atoms with van der Waals surface area (Å²) >= 11 is 0. The molecule has 3 rings (SSSR count). The van der Waals surface area contributed by atoms with Crippen LogP contribution >= 0.6 is 0 Å². The van der Waals surface area contributed by atoms with Crippen LogP contribution in [0.4, 0.5) is 5.69 Å². The molecule has 6 heteroatoms. The molecule has 0 radical (unpaired) electrons. The molecule has 1 aromatic carbocycles. The SMILES string of the molecule is CN(CC1CCCN1)c1ccc(S(=O)(=O)NC2CC2)cc1. The lowest BCUT2D eigenvalue weighted by molar-refractivity contribution is 0.581. The highest BCUT2D eigenvalue weighted by Crippen LogP contribution is 2.23. The molecular weight excluding hydrogens is 286 g/mol. The Kier molecular flexibility index (Phi) is 4.19. The molecule has 1 saturated carbocycles. The Morgan fingerprint density at radius 3 is 2.52 bits per heavy atom. The number of rotatable bonds is 6. The van der Waals surface area contributed by atoms with Crippen molar-refractivity contribution >= 4 is 15.7 Å². The number of hydrogen-bond acceptors (Lipinski definition) is 4. The van der Waals surface area contributed by atoms with Gasteiger partial charge >= 0.3 is 0 Å². The van der Waals surface area contributed by atoms with E-state index in [0.717, 1.165) is 31.6 Å². The third-order valence-electron chi connectivity index (χ3n) is 4.14. The summed E-state index contributed by atoms with van der Waals surface area (Å²) < 4.78 is 26.9. The van der Waals surface area contributed by atoms with Crippen molar-refractivity contribution in [3.05, 3.63) is 24.3 Å². The minimum absolute atomic E-state index is 0.144. The van der Waals surface area contributed by atoms with E-state index in [4.69, 9.17) is 0 Å². The van der Waals surface area contributed by atoms with E-state index in [2.05, 4.69) is 14.9 Å². The van der Waals surface area contributed by atoms with Crippen molar-refractivity contribution in [2.24, 2.45) is 0 Å². The maximum Gasteiger partial charge on any atom is 0.240 e. The summed E-state index contributed by atoms with van der Waals surface area (Å²) in [5, 5.41) is 3.47. The molecule has 1 unspecified atom stereocenters. The van der Waals surface area contributed by atoms with Gasteiger partial charge in [0, 0.05) is 31.4 Å². The molecular formula is C15H23N3O2S. The molecule has 2 fully saturated rings. The number of hydrogen-bond donors (Lipinski definition) is 2. The molecule has 0 spiro atoms. The summed E-state index contributed by atoms with van der Waals surface area (Å²) in [6.07, 6.45) is 4.35. The van der Waals surface area contributed by atoms with Crippen LogP contribution in [0.3, 0.4) is 0 Å². The van der Waals surface area contributed by atoms with Crippen LogP contribution in [0.5, 0.6) is 0 Å². The van der Waals surface area contributed by atoms with Gasteiger partial charge in [-0.2, -0.15) is 0 Å². The van der Waals surface area contributed by atoms with Gasteiger partial charge in [-0.3, -0.25) is 0 Å². The second-order valence-corrected chi connectivity index (χ2v) is 7.78. The smallest absolute Gasteiger partial charge is 0.240 e. The van der Waals surface area contributed by atoms with Crippen LogP contribution in [0, 0.1) is 0 Å². The molecule has 2 aliphatic rings. The molecule has 1 atom stereocenters. The van der Waals surface area contributed by atoms with Gasteiger partial charge in [0.05, 0.1) is 4.90 Å². The van der Waals surface area contributed by atoms with Crippen molar-refractivity contribution in [1.29, 1.82) is 0 Å². The largest absolute Gasteiger partial charge is 0.373 e. The second-order valence-electron chi connectivity index (χ2n) is 6.06. The fourth-order valence-electron chi connectivity index (χ4n) is 2.72. The normalized spacial score (nSPS) is 22.4. The summed E-state index contributed by atoms with van der Waals surface area (Å²) in [4.78, 5) is 2.53. The van der Waals surface area contributed by atoms with Gasteiger partial charge in [-0.05, 0) is 56.5 Å². The first kappa shape index (κ1) is 14.8. The van der Waals surface area contributed by atoms with Gasteiger partial charge in [0.15, 0.2) is 0 Å². The van der Waals surface area contributed by atoms with E-state index < -0.39 is 10.0 Å². The zero-order chi connectivity index (χ0) is 14.9. The summed E-state index contributed by atoms with van der Waals surface area (Å²) in [6, 6.07) is 7.84. The maximum atomic E-state index is 12.1. The lowest BCUT2D eigenvalue weighted by Gasteiger charge is -2.23. The molecule has 1 saturated heterocycles. The third-order valence-corrected chi connectivity index (χ3v) is 5.68. The Hall–Kier alpha value is -1.11. The topological polar surface area (TPSA) is 61.4 Å². The predicted molar refractivity (Wildman–Crippen MR) is 84.1 cm³/mol. The third kappa shape index (κ3) is 3.75. The Morgan fingerprint density at radius 1 is 1.24 bits per heavy atom. The van der Waals surface area contributed by atoms with Crippen LogP contribution in [0.25, 0.3) is 0 Å². The first-order valence-corrected chi connectivity index (χ1v) is 9.10. The fourth-order valence-corrected chi connectivity index (χ4v) is 4.02. The molecule has 0 bridgehead atoms. The highest BCUT2D eigenvalue weighted by molar-refractivity contribution is 7.89. The summed E-state index contributed by atoms with van der Waals surface area (Å²) in [5.41, 5.74) is 1.05. The van der Waals surface area contributed by atoms with Crippen LogP contribution < -0.4 is 14.9 Å². The Morgan fingerprint density at radius 2 is 1.95 bits per heavy atom. The van der Waals surface area contributed by atoms with Gasteiger partial charge in [-0.15, -0.1) is 0 Å². The van der Waals surface area contributed by atoms with E-state index in [-0.39, 0.29) is 6.04 Å². The Labute approximate surface area is 126 Å². The second kappa shape index (κ2) is 5.94. The molecule has 116 valence electrons. The monoisotopic (exact) mass is 309 g/mol. The number of nitrogens with one attached hydrogen (secondary N) is 2. The van der Waals surface area contributed by atoms with Gasteiger partial charge < -0.3 is 10.2 Å². The van der Waals surface area contributed by atoms with Crippen molar-refractivity contribution in [2.75, 3.05) is 25.0 Å². The van der Waals surface area contributed by atoms with Gasteiger partial charge in [0.2, 0.25) is 10.0 Å². The van der Waals surface area contributed by atoms with E-state index in [1.165, 1.54) is 12.8 Å². The van der Waals surface area contributed by atoms with E-state index >= 15 is 0 Å². The quantitative estimate of drug-likeness (QED) is 0.832. The lowest BCUT2D eigenvalue weighted by Crippen LogP contribution is -2.35. The summed E-state index contributed by atoms with van der Waals surface area (Å²) in [6.45, 7) is 2.05. The van der Waals surface area contributed by atoms with Crippen LogP contribution in [-0.4, -0.2) is 40.6 Å². The zero-order valence-corrected chi connectivity index (χ0v) is 13.2. The van der Waals surface area contributed by atoms with Crippen molar-refractivity contribution < 1.29 is 8.42 Å². The number of nitrogens with zero attached hydrogens (tertiary/aromatic N) is 1. The molecule has 2 N–H and O–H groups in total. The van der Waals surface area contributed by atoms with E-state index in [1.807, 2.05) is 19.2 Å². The van der Waals surface area contributed by atoms with Crippen molar-refractivity contribution in [3.63, 3.8) is 0 Å². The number of sulfonamides is 1. The van der Waals surface area contributed by atoms with Crippen LogP contribution in [0.15, 0.2) is 29.2 Å². The average molecular weight is 309 g/mol. The van der Waals surface area contributed by atoms with E-state index in [0.29, 0.717) is 10.9 Å². The molecule has 1 aliphatic carbocycles. The number of anilines is 1. The van der Waals surface area contributed by atoms with Gasteiger partial charge in [0.1, 0.15) is 0 Å².